The van der Waals surface area contributed by atoms with Crippen LogP contribution in [0.4, 0.5) is 5.69 Å². The van der Waals surface area contributed by atoms with Crippen LogP contribution in [0.1, 0.15) is 12.5 Å². The highest BCUT2D eigenvalue weighted by Gasteiger charge is 2.21. The van der Waals surface area contributed by atoms with Crippen LogP contribution in [0.2, 0.25) is 0 Å². The Bertz CT molecular complexity index is 981. The molecule has 0 spiro atoms. The second kappa shape index (κ2) is 8.62. The number of phenolic OH excluding ortho intramolecular Hbond substituents is 1. The topological polar surface area (TPSA) is 45.2 Å². The number of ether oxygens (including phenoxy) is 2. The van der Waals surface area contributed by atoms with Crippen molar-refractivity contribution in [1.29, 1.82) is 0 Å². The molecular weight excluding hydrogens is 364 g/mol. The quantitative estimate of drug-likeness (QED) is 0.679. The van der Waals surface area contributed by atoms with Gasteiger partial charge in [0.15, 0.2) is 0 Å². The molecular formula is C24H28N2O3. The molecule has 0 aliphatic carbocycles. The number of piperazine rings is 1. The molecule has 3 aromatic rings. The lowest BCUT2D eigenvalue weighted by atomic mass is 10.0. The van der Waals surface area contributed by atoms with Crippen LogP contribution in [-0.2, 0) is 6.54 Å². The number of aromatic hydroxyl groups is 1. The zero-order valence-electron chi connectivity index (χ0n) is 17.1. The Kier molecular flexibility index (Phi) is 5.76. The van der Waals surface area contributed by atoms with Gasteiger partial charge in [0.25, 0.3) is 0 Å². The third-order valence-corrected chi connectivity index (χ3v) is 5.58. The Morgan fingerprint density at radius 2 is 1.72 bits per heavy atom. The van der Waals surface area contributed by atoms with Gasteiger partial charge in [-0.2, -0.15) is 0 Å². The first-order valence-electron chi connectivity index (χ1n) is 10.2. The molecule has 0 saturated carbocycles. The number of fused-ring (bicyclic) bond motifs is 1. The summed E-state index contributed by atoms with van der Waals surface area (Å²) in [6, 6.07) is 18.0. The molecule has 152 valence electrons. The lowest BCUT2D eigenvalue weighted by Crippen LogP contribution is -2.46. The SMILES string of the molecule is CCOc1ccccc1N1CCN(Cc2c(O)ccc3ccc(OC)cc23)CC1. The van der Waals surface area contributed by atoms with Crippen molar-refractivity contribution in [2.24, 2.45) is 0 Å². The summed E-state index contributed by atoms with van der Waals surface area (Å²) in [6.07, 6.45) is 0. The van der Waals surface area contributed by atoms with Gasteiger partial charge in [-0.25, -0.2) is 0 Å². The first kappa shape index (κ1) is 19.4. The van der Waals surface area contributed by atoms with Gasteiger partial charge in [-0.1, -0.05) is 24.3 Å². The van der Waals surface area contributed by atoms with E-state index in [0.29, 0.717) is 12.4 Å². The third-order valence-electron chi connectivity index (χ3n) is 5.58. The number of anilines is 1. The lowest BCUT2D eigenvalue weighted by molar-refractivity contribution is 0.246. The smallest absolute Gasteiger partial charge is 0.142 e. The van der Waals surface area contributed by atoms with Crippen molar-refractivity contribution in [2.45, 2.75) is 13.5 Å². The highest BCUT2D eigenvalue weighted by Crippen LogP contribution is 2.32. The fraction of sp³-hybridized carbons (Fsp3) is 0.333. The van der Waals surface area contributed by atoms with E-state index in [1.54, 1.807) is 13.2 Å². The zero-order valence-corrected chi connectivity index (χ0v) is 17.1. The van der Waals surface area contributed by atoms with Crippen LogP contribution in [0.3, 0.4) is 0 Å². The molecule has 1 N–H and O–H groups in total. The summed E-state index contributed by atoms with van der Waals surface area (Å²) in [5, 5.41) is 12.7. The second-order valence-corrected chi connectivity index (χ2v) is 7.31. The Hall–Kier alpha value is -2.92. The summed E-state index contributed by atoms with van der Waals surface area (Å²) in [7, 11) is 1.67. The summed E-state index contributed by atoms with van der Waals surface area (Å²) in [5.41, 5.74) is 2.12. The molecule has 0 amide bonds. The number of rotatable bonds is 6. The fourth-order valence-corrected chi connectivity index (χ4v) is 4.01. The molecule has 0 atom stereocenters. The van der Waals surface area contributed by atoms with Crippen LogP contribution in [0, 0.1) is 0 Å². The summed E-state index contributed by atoms with van der Waals surface area (Å²) >= 11 is 0. The molecule has 1 heterocycles. The molecule has 29 heavy (non-hydrogen) atoms. The van der Waals surface area contributed by atoms with Crippen molar-refractivity contribution < 1.29 is 14.6 Å². The Morgan fingerprint density at radius 3 is 2.48 bits per heavy atom. The van der Waals surface area contributed by atoms with E-state index in [0.717, 1.165) is 66.2 Å². The predicted molar refractivity (Wildman–Crippen MR) is 117 cm³/mol. The first-order chi connectivity index (χ1) is 14.2. The van der Waals surface area contributed by atoms with Crippen LogP contribution >= 0.6 is 0 Å². The van der Waals surface area contributed by atoms with Crippen molar-refractivity contribution in [3.63, 3.8) is 0 Å². The maximum atomic E-state index is 10.5. The van der Waals surface area contributed by atoms with E-state index in [2.05, 4.69) is 21.9 Å². The van der Waals surface area contributed by atoms with Crippen molar-refractivity contribution in [3.05, 3.63) is 60.2 Å². The van der Waals surface area contributed by atoms with Gasteiger partial charge in [0, 0.05) is 38.3 Å². The summed E-state index contributed by atoms with van der Waals surface area (Å²) in [6.45, 7) is 7.12. The highest BCUT2D eigenvalue weighted by molar-refractivity contribution is 5.89. The number of hydrogen-bond acceptors (Lipinski definition) is 5. The van der Waals surface area contributed by atoms with Crippen molar-refractivity contribution in [1.82, 2.24) is 4.90 Å². The van der Waals surface area contributed by atoms with E-state index in [1.165, 1.54) is 0 Å². The van der Waals surface area contributed by atoms with Crippen molar-refractivity contribution >= 4 is 16.5 Å². The Morgan fingerprint density at radius 1 is 0.966 bits per heavy atom. The number of methoxy groups -OCH3 is 1. The minimum atomic E-state index is 0.342. The van der Waals surface area contributed by atoms with Gasteiger partial charge in [-0.05, 0) is 48.0 Å². The normalized spacial score (nSPS) is 14.9. The maximum absolute atomic E-state index is 10.5. The van der Waals surface area contributed by atoms with Crippen molar-refractivity contribution in [2.75, 3.05) is 44.8 Å². The van der Waals surface area contributed by atoms with E-state index in [9.17, 15) is 5.11 Å². The number of benzene rings is 3. The summed E-state index contributed by atoms with van der Waals surface area (Å²) < 4.78 is 11.2. The molecule has 0 bridgehead atoms. The average molecular weight is 392 g/mol. The molecule has 1 aliphatic rings. The molecule has 1 fully saturated rings. The highest BCUT2D eigenvalue weighted by atomic mass is 16.5. The van der Waals surface area contributed by atoms with E-state index < -0.39 is 0 Å². The minimum absolute atomic E-state index is 0.342. The van der Waals surface area contributed by atoms with Crippen LogP contribution in [0.15, 0.2) is 54.6 Å². The number of hydrogen-bond donors (Lipinski definition) is 1. The summed E-state index contributed by atoms with van der Waals surface area (Å²) in [5.74, 6) is 2.10. The molecule has 1 saturated heterocycles. The first-order valence-corrected chi connectivity index (χ1v) is 10.2. The largest absolute Gasteiger partial charge is 0.508 e. The molecule has 1 aliphatic heterocycles. The van der Waals surface area contributed by atoms with Crippen LogP contribution in [0.5, 0.6) is 17.2 Å². The number of phenols is 1. The van der Waals surface area contributed by atoms with Crippen LogP contribution in [-0.4, -0.2) is 49.9 Å². The van der Waals surface area contributed by atoms with E-state index in [1.807, 2.05) is 43.3 Å². The molecule has 0 aromatic heterocycles. The van der Waals surface area contributed by atoms with Gasteiger partial charge in [-0.3, -0.25) is 4.90 Å². The molecule has 0 radical (unpaired) electrons. The number of nitrogens with zero attached hydrogens (tertiary/aromatic N) is 2. The Labute approximate surface area is 172 Å². The van der Waals surface area contributed by atoms with Gasteiger partial charge in [0.1, 0.15) is 17.2 Å². The average Bonchev–Trinajstić information content (AvgIpc) is 2.76. The molecule has 4 rings (SSSR count). The minimum Gasteiger partial charge on any atom is -0.508 e. The van der Waals surface area contributed by atoms with Crippen LogP contribution < -0.4 is 14.4 Å². The lowest BCUT2D eigenvalue weighted by Gasteiger charge is -2.37. The molecule has 0 unspecified atom stereocenters. The van der Waals surface area contributed by atoms with Gasteiger partial charge in [0.2, 0.25) is 0 Å². The van der Waals surface area contributed by atoms with E-state index in [-0.39, 0.29) is 0 Å². The molecule has 5 nitrogen and oxygen atoms in total. The summed E-state index contributed by atoms with van der Waals surface area (Å²) in [4.78, 5) is 4.78. The van der Waals surface area contributed by atoms with Gasteiger partial charge in [0.05, 0.1) is 19.4 Å². The van der Waals surface area contributed by atoms with Gasteiger partial charge in [-0.15, -0.1) is 0 Å². The van der Waals surface area contributed by atoms with Crippen molar-refractivity contribution in [3.8, 4) is 17.2 Å². The van der Waals surface area contributed by atoms with E-state index in [4.69, 9.17) is 9.47 Å². The zero-order chi connectivity index (χ0) is 20.2. The third kappa shape index (κ3) is 4.10. The maximum Gasteiger partial charge on any atom is 0.142 e. The monoisotopic (exact) mass is 392 g/mol. The Balaban J connectivity index is 1.50. The van der Waals surface area contributed by atoms with Crippen LogP contribution in [0.25, 0.3) is 10.8 Å². The fourth-order valence-electron chi connectivity index (χ4n) is 4.01. The second-order valence-electron chi connectivity index (χ2n) is 7.31. The number of para-hydroxylation sites is 2. The molecule has 5 heteroatoms. The predicted octanol–water partition coefficient (Wildman–Crippen LogP) is 4.27. The van der Waals surface area contributed by atoms with Gasteiger partial charge >= 0.3 is 0 Å². The standard InChI is InChI=1S/C24H28N2O3/c1-3-29-24-7-5-4-6-22(24)26-14-12-25(13-15-26)17-21-20-16-19(28-2)10-8-18(20)9-11-23(21)27/h4-11,16,27H,3,12-15,17H2,1-2H3. The van der Waals surface area contributed by atoms with E-state index >= 15 is 0 Å². The van der Waals surface area contributed by atoms with Gasteiger partial charge < -0.3 is 19.5 Å². The molecule has 3 aromatic carbocycles.